The van der Waals surface area contributed by atoms with Crippen LogP contribution in [0.3, 0.4) is 0 Å². The van der Waals surface area contributed by atoms with E-state index < -0.39 is 4.92 Å². The number of hydrogen-bond acceptors (Lipinski definition) is 6. The van der Waals surface area contributed by atoms with E-state index in [-0.39, 0.29) is 30.6 Å². The van der Waals surface area contributed by atoms with Crippen molar-refractivity contribution in [1.29, 1.82) is 0 Å². The maximum Gasteiger partial charge on any atom is 0.306 e. The number of aryl methyl sites for hydroxylation is 2. The standard InChI is InChI=1S/C15H18N4O5/c1-11-2-3-14(24-11)13-10-23-7-6-18(13)15(20)4-5-17-9-12(8-16-17)19(21)22/h2-3,8-9,13H,4-7,10H2,1H3. The van der Waals surface area contributed by atoms with Crippen LogP contribution in [-0.4, -0.2) is 45.3 Å². The lowest BCUT2D eigenvalue weighted by Crippen LogP contribution is -2.43. The van der Waals surface area contributed by atoms with Crippen molar-refractivity contribution < 1.29 is 18.9 Å². The second-order valence-corrected chi connectivity index (χ2v) is 5.59. The van der Waals surface area contributed by atoms with Crippen molar-refractivity contribution in [3.8, 4) is 0 Å². The monoisotopic (exact) mass is 334 g/mol. The Bertz CT molecular complexity index is 738. The molecule has 2 aromatic heterocycles. The van der Waals surface area contributed by atoms with Gasteiger partial charge in [-0.2, -0.15) is 5.10 Å². The fraction of sp³-hybridized carbons (Fsp3) is 0.467. The number of nitro groups is 1. The van der Waals surface area contributed by atoms with E-state index in [2.05, 4.69) is 5.10 Å². The van der Waals surface area contributed by atoms with Gasteiger partial charge in [0.1, 0.15) is 30.0 Å². The lowest BCUT2D eigenvalue weighted by atomic mass is 10.1. The zero-order valence-corrected chi connectivity index (χ0v) is 13.3. The average Bonchev–Trinajstić information content (AvgIpc) is 3.21. The Kier molecular flexibility index (Phi) is 4.61. The first-order chi connectivity index (χ1) is 11.5. The van der Waals surface area contributed by atoms with Crippen molar-refractivity contribution in [2.24, 2.45) is 0 Å². The summed E-state index contributed by atoms with van der Waals surface area (Å²) in [5.41, 5.74) is -0.0854. The molecule has 0 radical (unpaired) electrons. The summed E-state index contributed by atoms with van der Waals surface area (Å²) in [6.07, 6.45) is 2.70. The molecule has 1 aliphatic heterocycles. The molecule has 9 nitrogen and oxygen atoms in total. The zero-order chi connectivity index (χ0) is 17.1. The van der Waals surface area contributed by atoms with Gasteiger partial charge in [-0.3, -0.25) is 19.6 Å². The number of amides is 1. The van der Waals surface area contributed by atoms with Gasteiger partial charge in [0.05, 0.1) is 18.1 Å². The van der Waals surface area contributed by atoms with Crippen LogP contribution in [0.2, 0.25) is 0 Å². The van der Waals surface area contributed by atoms with E-state index in [1.165, 1.54) is 17.1 Å². The van der Waals surface area contributed by atoms with Crippen LogP contribution in [0.5, 0.6) is 0 Å². The zero-order valence-electron chi connectivity index (χ0n) is 13.3. The first-order valence-electron chi connectivity index (χ1n) is 7.65. The van der Waals surface area contributed by atoms with Crippen LogP contribution in [0.1, 0.15) is 24.0 Å². The molecule has 128 valence electrons. The summed E-state index contributed by atoms with van der Waals surface area (Å²) in [4.78, 5) is 24.4. The van der Waals surface area contributed by atoms with E-state index in [4.69, 9.17) is 9.15 Å². The second-order valence-electron chi connectivity index (χ2n) is 5.59. The maximum absolute atomic E-state index is 12.6. The highest BCUT2D eigenvalue weighted by molar-refractivity contribution is 5.76. The number of carbonyl (C=O) groups is 1. The molecule has 3 heterocycles. The van der Waals surface area contributed by atoms with Crippen molar-refractivity contribution >= 4 is 11.6 Å². The number of furan rings is 1. The predicted molar refractivity (Wildman–Crippen MR) is 82.2 cm³/mol. The number of ether oxygens (including phenoxy) is 1. The average molecular weight is 334 g/mol. The minimum Gasteiger partial charge on any atom is -0.464 e. The van der Waals surface area contributed by atoms with Gasteiger partial charge in [0.2, 0.25) is 5.91 Å². The summed E-state index contributed by atoms with van der Waals surface area (Å²) in [7, 11) is 0. The summed E-state index contributed by atoms with van der Waals surface area (Å²) in [5, 5.41) is 14.6. The Hall–Kier alpha value is -2.68. The molecule has 2 aromatic rings. The third kappa shape index (κ3) is 3.46. The molecule has 0 saturated carbocycles. The molecule has 0 bridgehead atoms. The fourth-order valence-electron chi connectivity index (χ4n) is 2.69. The molecule has 9 heteroatoms. The summed E-state index contributed by atoms with van der Waals surface area (Å²) >= 11 is 0. The molecule has 3 rings (SSSR count). The minimum atomic E-state index is -0.511. The SMILES string of the molecule is Cc1ccc(C2COCCN2C(=O)CCn2cc([N+](=O)[O-])cn2)o1. The molecular weight excluding hydrogens is 316 g/mol. The van der Waals surface area contributed by atoms with Gasteiger partial charge in [0.25, 0.3) is 0 Å². The van der Waals surface area contributed by atoms with Crippen LogP contribution < -0.4 is 0 Å². The smallest absolute Gasteiger partial charge is 0.306 e. The number of morpholine rings is 1. The summed E-state index contributed by atoms with van der Waals surface area (Å²) < 4.78 is 12.5. The number of carbonyl (C=O) groups excluding carboxylic acids is 1. The van der Waals surface area contributed by atoms with Crippen molar-refractivity contribution in [1.82, 2.24) is 14.7 Å². The molecule has 1 saturated heterocycles. The highest BCUT2D eigenvalue weighted by atomic mass is 16.6. The Balaban J connectivity index is 1.64. The Labute approximate surface area is 137 Å². The normalized spacial score (nSPS) is 17.9. The molecule has 1 atom stereocenters. The van der Waals surface area contributed by atoms with Crippen molar-refractivity contribution in [3.63, 3.8) is 0 Å². The van der Waals surface area contributed by atoms with Crippen LogP contribution in [0.4, 0.5) is 5.69 Å². The van der Waals surface area contributed by atoms with E-state index >= 15 is 0 Å². The molecule has 0 aromatic carbocycles. The molecule has 0 N–H and O–H groups in total. The van der Waals surface area contributed by atoms with Gasteiger partial charge in [0, 0.05) is 19.5 Å². The highest BCUT2D eigenvalue weighted by Crippen LogP contribution is 2.26. The molecule has 1 fully saturated rings. The number of rotatable bonds is 5. The molecular formula is C15H18N4O5. The minimum absolute atomic E-state index is 0.0597. The molecule has 1 amide bonds. The third-order valence-corrected chi connectivity index (χ3v) is 3.92. The summed E-state index contributed by atoms with van der Waals surface area (Å²) in [6.45, 7) is 3.50. The Morgan fingerprint density at radius 1 is 1.50 bits per heavy atom. The Morgan fingerprint density at radius 2 is 2.33 bits per heavy atom. The number of hydrogen-bond donors (Lipinski definition) is 0. The van der Waals surface area contributed by atoms with Gasteiger partial charge in [0.15, 0.2) is 0 Å². The summed E-state index contributed by atoms with van der Waals surface area (Å²) in [6, 6.07) is 3.47. The van der Waals surface area contributed by atoms with E-state index in [1.54, 1.807) is 4.90 Å². The van der Waals surface area contributed by atoms with Crippen LogP contribution in [-0.2, 0) is 16.1 Å². The number of nitrogens with zero attached hydrogens (tertiary/aromatic N) is 4. The largest absolute Gasteiger partial charge is 0.464 e. The van der Waals surface area contributed by atoms with Gasteiger partial charge in [-0.1, -0.05) is 0 Å². The quantitative estimate of drug-likeness (QED) is 0.609. The van der Waals surface area contributed by atoms with Gasteiger partial charge in [-0.25, -0.2) is 0 Å². The fourth-order valence-corrected chi connectivity index (χ4v) is 2.69. The van der Waals surface area contributed by atoms with Crippen molar-refractivity contribution in [2.75, 3.05) is 19.8 Å². The lowest BCUT2D eigenvalue weighted by molar-refractivity contribution is -0.385. The second kappa shape index (κ2) is 6.83. The summed E-state index contributed by atoms with van der Waals surface area (Å²) in [5.74, 6) is 1.43. The maximum atomic E-state index is 12.6. The molecule has 1 unspecified atom stereocenters. The van der Waals surface area contributed by atoms with Crippen molar-refractivity contribution in [3.05, 3.63) is 46.2 Å². The molecule has 1 aliphatic rings. The molecule has 24 heavy (non-hydrogen) atoms. The van der Waals surface area contributed by atoms with Crippen LogP contribution in [0.25, 0.3) is 0 Å². The first kappa shape index (κ1) is 16.2. The van der Waals surface area contributed by atoms with Crippen LogP contribution in [0, 0.1) is 17.0 Å². The first-order valence-corrected chi connectivity index (χ1v) is 7.65. The van der Waals surface area contributed by atoms with Gasteiger partial charge in [-0.05, 0) is 19.1 Å². The van der Waals surface area contributed by atoms with E-state index in [0.29, 0.717) is 25.5 Å². The van der Waals surface area contributed by atoms with Crippen LogP contribution >= 0.6 is 0 Å². The van der Waals surface area contributed by atoms with Gasteiger partial charge in [-0.15, -0.1) is 0 Å². The third-order valence-electron chi connectivity index (χ3n) is 3.92. The predicted octanol–water partition coefficient (Wildman–Crippen LogP) is 1.68. The number of aromatic nitrogens is 2. The van der Waals surface area contributed by atoms with Crippen molar-refractivity contribution in [2.45, 2.75) is 25.9 Å². The Morgan fingerprint density at radius 3 is 3.00 bits per heavy atom. The lowest BCUT2D eigenvalue weighted by Gasteiger charge is -2.34. The van der Waals surface area contributed by atoms with E-state index in [1.807, 2.05) is 19.1 Å². The van der Waals surface area contributed by atoms with E-state index in [0.717, 1.165) is 5.76 Å². The van der Waals surface area contributed by atoms with Crippen LogP contribution in [0.15, 0.2) is 28.9 Å². The highest BCUT2D eigenvalue weighted by Gasteiger charge is 2.30. The van der Waals surface area contributed by atoms with Gasteiger partial charge >= 0.3 is 5.69 Å². The topological polar surface area (TPSA) is 104 Å². The molecule has 0 spiro atoms. The van der Waals surface area contributed by atoms with E-state index in [9.17, 15) is 14.9 Å². The van der Waals surface area contributed by atoms with Gasteiger partial charge < -0.3 is 14.1 Å². The molecule has 0 aliphatic carbocycles.